The number of ether oxygens (including phenoxy) is 1. The Kier molecular flexibility index (Phi) is 5.47. The SMILES string of the molecule is CCC1C(c2cnn(C)c2)[C@@H]1C(=O)Nc1cc2cc(-c3cnc4c(c3C)NCCO4)c(F)c(N)c2cn1. The van der Waals surface area contributed by atoms with Crippen molar-refractivity contribution in [3.63, 3.8) is 0 Å². The lowest BCUT2D eigenvalue weighted by Gasteiger charge is -2.22. The van der Waals surface area contributed by atoms with Gasteiger partial charge >= 0.3 is 0 Å². The largest absolute Gasteiger partial charge is 0.474 e. The van der Waals surface area contributed by atoms with Gasteiger partial charge in [0.2, 0.25) is 11.8 Å². The molecular weight excluding hydrogens is 473 g/mol. The summed E-state index contributed by atoms with van der Waals surface area (Å²) in [4.78, 5) is 21.9. The van der Waals surface area contributed by atoms with Crippen LogP contribution in [0, 0.1) is 24.6 Å². The van der Waals surface area contributed by atoms with Gasteiger partial charge < -0.3 is 21.1 Å². The summed E-state index contributed by atoms with van der Waals surface area (Å²) < 4.78 is 22.8. The highest BCUT2D eigenvalue weighted by molar-refractivity contribution is 6.01. The molecule has 2 unspecified atom stereocenters. The molecule has 10 heteroatoms. The van der Waals surface area contributed by atoms with Gasteiger partial charge in [0, 0.05) is 60.5 Å². The number of fused-ring (bicyclic) bond motifs is 2. The van der Waals surface area contributed by atoms with E-state index in [9.17, 15) is 4.79 Å². The van der Waals surface area contributed by atoms with Gasteiger partial charge in [0.15, 0.2) is 5.82 Å². The maximum absolute atomic E-state index is 15.4. The molecule has 190 valence electrons. The van der Waals surface area contributed by atoms with Crippen LogP contribution in [0.25, 0.3) is 21.9 Å². The van der Waals surface area contributed by atoms with Crippen molar-refractivity contribution in [3.8, 4) is 17.0 Å². The van der Waals surface area contributed by atoms with E-state index >= 15 is 4.39 Å². The number of benzene rings is 1. The highest BCUT2D eigenvalue weighted by atomic mass is 19.1. The van der Waals surface area contributed by atoms with Gasteiger partial charge in [-0.15, -0.1) is 0 Å². The Hall–Kier alpha value is -4.21. The second-order valence-corrected chi connectivity index (χ2v) is 9.75. The number of nitrogen functional groups attached to an aromatic ring is 1. The van der Waals surface area contributed by atoms with E-state index in [4.69, 9.17) is 10.5 Å². The third kappa shape index (κ3) is 3.83. The van der Waals surface area contributed by atoms with Crippen molar-refractivity contribution in [1.29, 1.82) is 0 Å². The topological polar surface area (TPSA) is 120 Å². The average molecular weight is 502 g/mol. The van der Waals surface area contributed by atoms with Gasteiger partial charge in [-0.05, 0) is 41.5 Å². The quantitative estimate of drug-likeness (QED) is 0.350. The molecule has 2 aliphatic rings. The van der Waals surface area contributed by atoms with E-state index in [2.05, 4.69) is 32.6 Å². The van der Waals surface area contributed by atoms with E-state index in [0.717, 1.165) is 23.2 Å². The number of anilines is 3. The van der Waals surface area contributed by atoms with Gasteiger partial charge in [-0.25, -0.2) is 14.4 Å². The lowest BCUT2D eigenvalue weighted by Crippen LogP contribution is -2.20. The van der Waals surface area contributed by atoms with Gasteiger partial charge in [0.1, 0.15) is 18.1 Å². The average Bonchev–Trinajstić information content (AvgIpc) is 3.49. The normalized spacial score (nSPS) is 20.2. The molecule has 3 aromatic heterocycles. The maximum atomic E-state index is 15.4. The number of nitrogens with zero attached hydrogens (tertiary/aromatic N) is 4. The van der Waals surface area contributed by atoms with Crippen LogP contribution in [-0.2, 0) is 11.8 Å². The Morgan fingerprint density at radius 2 is 2.11 bits per heavy atom. The zero-order valence-corrected chi connectivity index (χ0v) is 20.9. The molecule has 1 amide bonds. The molecule has 0 radical (unpaired) electrons. The van der Waals surface area contributed by atoms with E-state index in [1.165, 1.54) is 6.20 Å². The maximum Gasteiger partial charge on any atom is 0.237 e. The zero-order chi connectivity index (χ0) is 25.8. The monoisotopic (exact) mass is 501 g/mol. The Morgan fingerprint density at radius 1 is 1.27 bits per heavy atom. The third-order valence-corrected chi connectivity index (χ3v) is 7.54. The number of aromatic nitrogens is 4. The molecule has 0 saturated heterocycles. The zero-order valence-electron chi connectivity index (χ0n) is 20.9. The van der Waals surface area contributed by atoms with Crippen molar-refractivity contribution in [2.24, 2.45) is 18.9 Å². The smallest absolute Gasteiger partial charge is 0.237 e. The number of nitrogens with one attached hydrogen (secondary N) is 2. The van der Waals surface area contributed by atoms with Crippen LogP contribution in [0.2, 0.25) is 0 Å². The number of carbonyl (C=O) groups excluding carboxylic acids is 1. The molecule has 1 aliphatic carbocycles. The first-order chi connectivity index (χ1) is 17.9. The Morgan fingerprint density at radius 3 is 2.86 bits per heavy atom. The van der Waals surface area contributed by atoms with Crippen molar-refractivity contribution in [2.75, 3.05) is 29.5 Å². The van der Waals surface area contributed by atoms with Crippen LogP contribution in [0.3, 0.4) is 0 Å². The molecule has 1 fully saturated rings. The summed E-state index contributed by atoms with van der Waals surface area (Å²) in [6.45, 7) is 5.17. The number of pyridine rings is 2. The second kappa shape index (κ2) is 8.72. The molecule has 4 heterocycles. The summed E-state index contributed by atoms with van der Waals surface area (Å²) >= 11 is 0. The van der Waals surface area contributed by atoms with Crippen LogP contribution in [0.5, 0.6) is 5.88 Å². The van der Waals surface area contributed by atoms with E-state index in [-0.39, 0.29) is 29.3 Å². The first-order valence-corrected chi connectivity index (χ1v) is 12.4. The van der Waals surface area contributed by atoms with E-state index in [1.807, 2.05) is 26.4 Å². The van der Waals surface area contributed by atoms with Crippen LogP contribution in [0.15, 0.2) is 36.9 Å². The fraction of sp³-hybridized carbons (Fsp3) is 0.333. The summed E-state index contributed by atoms with van der Waals surface area (Å²) in [7, 11) is 1.87. The van der Waals surface area contributed by atoms with Crippen molar-refractivity contribution in [1.82, 2.24) is 19.7 Å². The summed E-state index contributed by atoms with van der Waals surface area (Å²) in [5, 5.41) is 11.6. The minimum Gasteiger partial charge on any atom is -0.474 e. The molecule has 6 rings (SSSR count). The molecule has 4 aromatic rings. The second-order valence-electron chi connectivity index (χ2n) is 9.75. The molecule has 1 aliphatic heterocycles. The standard InChI is InChI=1S/C27H28FN7O2/c1-4-16-21(15-9-33-35(3)12-15)22(16)26(36)34-20-8-14-7-17(23(28)24(29)19(14)11-31-20)18-10-32-27-25(13(18)2)30-5-6-37-27/h7-12,16,21-22,30H,4-6,29H2,1-3H3,(H,31,34,36)/t16?,21?,22-/m1/s1. The lowest BCUT2D eigenvalue weighted by atomic mass is 9.97. The minimum absolute atomic E-state index is 0.00379. The van der Waals surface area contributed by atoms with Gasteiger partial charge in [0.25, 0.3) is 0 Å². The lowest BCUT2D eigenvalue weighted by molar-refractivity contribution is -0.117. The van der Waals surface area contributed by atoms with E-state index in [0.29, 0.717) is 46.7 Å². The number of nitrogens with two attached hydrogens (primary N) is 1. The number of amides is 1. The van der Waals surface area contributed by atoms with E-state index in [1.54, 1.807) is 23.0 Å². The molecule has 0 spiro atoms. The van der Waals surface area contributed by atoms with Gasteiger partial charge in [-0.3, -0.25) is 9.48 Å². The summed E-state index contributed by atoms with van der Waals surface area (Å²) in [6, 6.07) is 3.46. The Bertz CT molecular complexity index is 1550. The minimum atomic E-state index is -0.532. The number of hydrogen-bond donors (Lipinski definition) is 3. The van der Waals surface area contributed by atoms with Crippen molar-refractivity contribution < 1.29 is 13.9 Å². The molecule has 37 heavy (non-hydrogen) atoms. The van der Waals surface area contributed by atoms with Crippen LogP contribution in [0.4, 0.5) is 21.6 Å². The van der Waals surface area contributed by atoms with Crippen LogP contribution in [0.1, 0.15) is 30.4 Å². The molecule has 1 saturated carbocycles. The molecule has 4 N–H and O–H groups in total. The Balaban J connectivity index is 1.32. The fourth-order valence-electron chi connectivity index (χ4n) is 5.57. The van der Waals surface area contributed by atoms with Gasteiger partial charge in [0.05, 0.1) is 11.9 Å². The number of hydrogen-bond acceptors (Lipinski definition) is 7. The predicted octanol–water partition coefficient (Wildman–Crippen LogP) is 4.24. The van der Waals surface area contributed by atoms with Gasteiger partial charge in [-0.1, -0.05) is 13.3 Å². The summed E-state index contributed by atoms with van der Waals surface area (Å²) in [5.74, 6) is 0.562. The Labute approximate surface area is 213 Å². The highest BCUT2D eigenvalue weighted by Gasteiger charge is 2.54. The number of halogens is 1. The summed E-state index contributed by atoms with van der Waals surface area (Å²) in [6.07, 6.45) is 7.80. The fourth-order valence-corrected chi connectivity index (χ4v) is 5.57. The highest BCUT2D eigenvalue weighted by Crippen LogP contribution is 2.56. The molecule has 3 atom stereocenters. The molecule has 9 nitrogen and oxygen atoms in total. The predicted molar refractivity (Wildman–Crippen MR) is 140 cm³/mol. The van der Waals surface area contributed by atoms with Crippen LogP contribution in [-0.4, -0.2) is 38.8 Å². The van der Waals surface area contributed by atoms with Crippen molar-refractivity contribution >= 4 is 33.9 Å². The molecule has 1 aromatic carbocycles. The first kappa shape index (κ1) is 23.2. The van der Waals surface area contributed by atoms with Crippen LogP contribution >= 0.6 is 0 Å². The van der Waals surface area contributed by atoms with Crippen molar-refractivity contribution in [3.05, 3.63) is 53.9 Å². The van der Waals surface area contributed by atoms with Crippen LogP contribution < -0.4 is 21.1 Å². The molecule has 0 bridgehead atoms. The number of aryl methyl sites for hydroxylation is 1. The molecular formula is C27H28FN7O2. The van der Waals surface area contributed by atoms with Crippen molar-refractivity contribution in [2.45, 2.75) is 26.2 Å². The number of carbonyl (C=O) groups is 1. The van der Waals surface area contributed by atoms with Gasteiger partial charge in [-0.2, -0.15) is 5.10 Å². The number of rotatable bonds is 5. The first-order valence-electron chi connectivity index (χ1n) is 12.4. The third-order valence-electron chi connectivity index (χ3n) is 7.54. The summed E-state index contributed by atoms with van der Waals surface area (Å²) in [5.41, 5.74) is 9.81. The van der Waals surface area contributed by atoms with E-state index < -0.39 is 5.82 Å².